The maximum absolute atomic E-state index is 10.8. The highest BCUT2D eigenvalue weighted by Crippen LogP contribution is 2.00. The molecule has 0 aromatic carbocycles. The summed E-state index contributed by atoms with van der Waals surface area (Å²) < 4.78 is 0. The van der Waals surface area contributed by atoms with Crippen LogP contribution < -0.4 is 0 Å². The lowest BCUT2D eigenvalue weighted by Gasteiger charge is -2.04. The van der Waals surface area contributed by atoms with Crippen LogP contribution in [0.4, 0.5) is 0 Å². The van der Waals surface area contributed by atoms with Gasteiger partial charge in [-0.3, -0.25) is 4.79 Å². The van der Waals surface area contributed by atoms with Crippen LogP contribution in [0.2, 0.25) is 0 Å². The summed E-state index contributed by atoms with van der Waals surface area (Å²) in [5.41, 5.74) is 0. The summed E-state index contributed by atoms with van der Waals surface area (Å²) in [6.07, 6.45) is -0.197. The first-order valence-corrected chi connectivity index (χ1v) is 3.24. The lowest BCUT2D eigenvalue weighted by molar-refractivity contribution is -0.123. The second-order valence-corrected chi connectivity index (χ2v) is 2.67. The first kappa shape index (κ1) is 8.63. The molecule has 1 atom stereocenters. The molecule has 0 aromatic heterocycles. The quantitative estimate of drug-likeness (QED) is 0.618. The van der Waals surface area contributed by atoms with Crippen molar-refractivity contribution < 1.29 is 9.90 Å². The molecule has 1 N–H and O–H groups in total. The molecule has 9 heavy (non-hydrogen) atoms. The zero-order chi connectivity index (χ0) is 7.44. The van der Waals surface area contributed by atoms with Gasteiger partial charge in [0.05, 0.1) is 6.10 Å². The average molecular weight is 130 g/mol. The molecular weight excluding hydrogens is 116 g/mol. The number of hydrogen-bond donors (Lipinski definition) is 1. The SMILES string of the molecule is CC(C)C(=O)C[C@@H](C)O. The van der Waals surface area contributed by atoms with Crippen LogP contribution in [0.3, 0.4) is 0 Å². The summed E-state index contributed by atoms with van der Waals surface area (Å²) in [6, 6.07) is 0. The zero-order valence-corrected chi connectivity index (χ0v) is 6.22. The molecule has 2 nitrogen and oxygen atoms in total. The largest absolute Gasteiger partial charge is 0.393 e. The van der Waals surface area contributed by atoms with E-state index in [2.05, 4.69) is 0 Å². The fraction of sp³-hybridized carbons (Fsp3) is 0.857. The first-order valence-electron chi connectivity index (χ1n) is 3.24. The summed E-state index contributed by atoms with van der Waals surface area (Å²) in [6.45, 7) is 5.30. The summed E-state index contributed by atoms with van der Waals surface area (Å²) in [4.78, 5) is 10.8. The Morgan fingerprint density at radius 3 is 2.00 bits per heavy atom. The Kier molecular flexibility index (Phi) is 3.47. The number of aliphatic hydroxyl groups excluding tert-OH is 1. The summed E-state index contributed by atoms with van der Waals surface area (Å²) in [5.74, 6) is 0.185. The van der Waals surface area contributed by atoms with Crippen LogP contribution in [-0.4, -0.2) is 17.0 Å². The number of ketones is 1. The molecule has 0 fully saturated rings. The molecule has 0 saturated heterocycles. The number of carbonyl (C=O) groups excluding carboxylic acids is 1. The molecule has 0 amide bonds. The molecule has 0 bridgehead atoms. The van der Waals surface area contributed by atoms with Crippen molar-refractivity contribution in [2.45, 2.75) is 33.3 Å². The van der Waals surface area contributed by atoms with Crippen molar-refractivity contribution in [2.75, 3.05) is 0 Å². The van der Waals surface area contributed by atoms with Crippen LogP contribution >= 0.6 is 0 Å². The number of Topliss-reactive ketones (excluding diaryl/α,β-unsaturated/α-hetero) is 1. The van der Waals surface area contributed by atoms with Crippen LogP contribution in [0, 0.1) is 5.92 Å². The van der Waals surface area contributed by atoms with E-state index in [4.69, 9.17) is 5.11 Å². The molecule has 0 aliphatic carbocycles. The number of hydrogen-bond acceptors (Lipinski definition) is 2. The minimum Gasteiger partial charge on any atom is -0.393 e. The van der Waals surface area contributed by atoms with E-state index in [0.29, 0.717) is 0 Å². The van der Waals surface area contributed by atoms with Gasteiger partial charge in [-0.05, 0) is 6.92 Å². The van der Waals surface area contributed by atoms with Crippen molar-refractivity contribution in [3.8, 4) is 0 Å². The van der Waals surface area contributed by atoms with E-state index in [1.54, 1.807) is 6.92 Å². The van der Waals surface area contributed by atoms with Gasteiger partial charge in [0.15, 0.2) is 0 Å². The van der Waals surface area contributed by atoms with E-state index in [0.717, 1.165) is 0 Å². The Hall–Kier alpha value is -0.370. The van der Waals surface area contributed by atoms with Gasteiger partial charge < -0.3 is 5.11 Å². The van der Waals surface area contributed by atoms with Gasteiger partial charge in [0.2, 0.25) is 0 Å². The third-order valence-electron chi connectivity index (χ3n) is 1.14. The third kappa shape index (κ3) is 4.15. The summed E-state index contributed by atoms with van der Waals surface area (Å²) in [5, 5.41) is 8.75. The van der Waals surface area contributed by atoms with E-state index < -0.39 is 6.10 Å². The van der Waals surface area contributed by atoms with Crippen molar-refractivity contribution in [1.29, 1.82) is 0 Å². The maximum Gasteiger partial charge on any atom is 0.137 e. The van der Waals surface area contributed by atoms with Gasteiger partial charge in [-0.2, -0.15) is 0 Å². The maximum atomic E-state index is 10.8. The molecule has 0 aliphatic rings. The Balaban J connectivity index is 3.51. The molecule has 0 aliphatic heterocycles. The van der Waals surface area contributed by atoms with Crippen molar-refractivity contribution in [3.05, 3.63) is 0 Å². The predicted octanol–water partition coefficient (Wildman–Crippen LogP) is 0.982. The molecular formula is C7H14O2. The van der Waals surface area contributed by atoms with Crippen LogP contribution in [-0.2, 0) is 4.79 Å². The van der Waals surface area contributed by atoms with Gasteiger partial charge in [0.1, 0.15) is 5.78 Å². The highest BCUT2D eigenvalue weighted by Gasteiger charge is 2.09. The van der Waals surface area contributed by atoms with Crippen LogP contribution in [0.1, 0.15) is 27.2 Å². The molecule has 54 valence electrons. The van der Waals surface area contributed by atoms with E-state index in [9.17, 15) is 4.79 Å². The van der Waals surface area contributed by atoms with Crippen molar-refractivity contribution in [3.63, 3.8) is 0 Å². The highest BCUT2D eigenvalue weighted by molar-refractivity contribution is 5.80. The minimum atomic E-state index is -0.486. The third-order valence-corrected chi connectivity index (χ3v) is 1.14. The minimum absolute atomic E-state index is 0.0552. The molecule has 0 heterocycles. The van der Waals surface area contributed by atoms with E-state index in [1.807, 2.05) is 13.8 Å². The number of aliphatic hydroxyl groups is 1. The first-order chi connectivity index (χ1) is 4.04. The molecule has 2 heteroatoms. The Bertz CT molecular complexity index is 95.1. The number of carbonyl (C=O) groups is 1. The smallest absolute Gasteiger partial charge is 0.137 e. The van der Waals surface area contributed by atoms with Gasteiger partial charge in [0.25, 0.3) is 0 Å². The standard InChI is InChI=1S/C7H14O2/c1-5(2)7(9)4-6(3)8/h5-6,8H,4H2,1-3H3/t6-/m1/s1. The summed E-state index contributed by atoms with van der Waals surface area (Å²) in [7, 11) is 0. The van der Waals surface area contributed by atoms with Crippen LogP contribution in [0.25, 0.3) is 0 Å². The molecule has 0 aromatic rings. The second kappa shape index (κ2) is 3.62. The van der Waals surface area contributed by atoms with Crippen molar-refractivity contribution >= 4 is 5.78 Å². The molecule has 0 unspecified atom stereocenters. The lowest BCUT2D eigenvalue weighted by Crippen LogP contribution is -2.14. The molecule has 0 saturated carbocycles. The summed E-state index contributed by atoms with van der Waals surface area (Å²) >= 11 is 0. The monoisotopic (exact) mass is 130 g/mol. The normalized spacial score (nSPS) is 13.9. The van der Waals surface area contributed by atoms with Crippen LogP contribution in [0.15, 0.2) is 0 Å². The van der Waals surface area contributed by atoms with Gasteiger partial charge in [-0.15, -0.1) is 0 Å². The van der Waals surface area contributed by atoms with Crippen molar-refractivity contribution in [2.24, 2.45) is 5.92 Å². The fourth-order valence-corrected chi connectivity index (χ4v) is 0.527. The molecule has 0 radical (unpaired) electrons. The Labute approximate surface area is 55.9 Å². The van der Waals surface area contributed by atoms with Gasteiger partial charge >= 0.3 is 0 Å². The fourth-order valence-electron chi connectivity index (χ4n) is 0.527. The van der Waals surface area contributed by atoms with E-state index >= 15 is 0 Å². The Morgan fingerprint density at radius 1 is 1.44 bits per heavy atom. The average Bonchev–Trinajstić information content (AvgIpc) is 1.63. The highest BCUT2D eigenvalue weighted by atomic mass is 16.3. The van der Waals surface area contributed by atoms with Crippen LogP contribution in [0.5, 0.6) is 0 Å². The topological polar surface area (TPSA) is 37.3 Å². The zero-order valence-electron chi connectivity index (χ0n) is 6.22. The second-order valence-electron chi connectivity index (χ2n) is 2.67. The van der Waals surface area contributed by atoms with E-state index in [-0.39, 0.29) is 18.1 Å². The van der Waals surface area contributed by atoms with Gasteiger partial charge in [-0.25, -0.2) is 0 Å². The van der Waals surface area contributed by atoms with Crippen molar-refractivity contribution in [1.82, 2.24) is 0 Å². The molecule has 0 spiro atoms. The lowest BCUT2D eigenvalue weighted by atomic mass is 10.0. The van der Waals surface area contributed by atoms with Gasteiger partial charge in [-0.1, -0.05) is 13.8 Å². The predicted molar refractivity (Wildman–Crippen MR) is 36.1 cm³/mol. The Morgan fingerprint density at radius 2 is 1.89 bits per heavy atom. The van der Waals surface area contributed by atoms with E-state index in [1.165, 1.54) is 0 Å². The molecule has 0 rings (SSSR count). The van der Waals surface area contributed by atoms with Gasteiger partial charge in [0, 0.05) is 12.3 Å². The number of rotatable bonds is 3.